The Morgan fingerprint density at radius 3 is 2.80 bits per heavy atom. The van der Waals surface area contributed by atoms with E-state index in [1.165, 1.54) is 4.57 Å². The molecule has 1 atom stereocenters. The summed E-state index contributed by atoms with van der Waals surface area (Å²) in [6.07, 6.45) is 1.02. The molecule has 1 unspecified atom stereocenters. The van der Waals surface area contributed by atoms with E-state index in [9.17, 15) is 9.59 Å². The number of hydrogen-bond acceptors (Lipinski definition) is 4. The predicted octanol–water partition coefficient (Wildman–Crippen LogP) is 0.289. The molecule has 7 heteroatoms. The fourth-order valence-corrected chi connectivity index (χ4v) is 2.93. The summed E-state index contributed by atoms with van der Waals surface area (Å²) >= 11 is 0. The minimum absolute atomic E-state index is 0.354. The van der Waals surface area contributed by atoms with Crippen LogP contribution in [0.3, 0.4) is 0 Å². The summed E-state index contributed by atoms with van der Waals surface area (Å²) < 4.78 is 3.34. The molecule has 0 bridgehead atoms. The highest BCUT2D eigenvalue weighted by Crippen LogP contribution is 2.26. The van der Waals surface area contributed by atoms with Crippen LogP contribution in [0.2, 0.25) is 0 Å². The number of hydrogen-bond donors (Lipinski definition) is 1. The van der Waals surface area contributed by atoms with Gasteiger partial charge in [-0.05, 0) is 12.3 Å². The second kappa shape index (κ2) is 4.50. The van der Waals surface area contributed by atoms with Crippen LogP contribution in [0.4, 0.5) is 5.95 Å². The average molecular weight is 277 g/mol. The van der Waals surface area contributed by atoms with Gasteiger partial charge >= 0.3 is 5.69 Å². The molecule has 20 heavy (non-hydrogen) atoms. The predicted molar refractivity (Wildman–Crippen MR) is 77.3 cm³/mol. The minimum atomic E-state index is -0.423. The van der Waals surface area contributed by atoms with Gasteiger partial charge in [-0.25, -0.2) is 4.79 Å². The molecule has 0 radical (unpaired) electrons. The third kappa shape index (κ3) is 1.76. The standard InChI is InChI=1S/C13H19N5O2/c1-4-5-17-6-8(2)7-18-9-10(14-12(17)18)16(3)13(20)15-11(9)19/h8H,4-7H2,1-3H3,(H,15,19,20). The Morgan fingerprint density at radius 2 is 2.10 bits per heavy atom. The third-order valence-corrected chi connectivity index (χ3v) is 3.79. The highest BCUT2D eigenvalue weighted by atomic mass is 16.2. The lowest BCUT2D eigenvalue weighted by molar-refractivity contribution is 0.436. The Labute approximate surface area is 115 Å². The van der Waals surface area contributed by atoms with E-state index in [2.05, 4.69) is 28.7 Å². The highest BCUT2D eigenvalue weighted by Gasteiger charge is 2.27. The van der Waals surface area contributed by atoms with E-state index >= 15 is 0 Å². The van der Waals surface area contributed by atoms with Gasteiger partial charge in [-0.15, -0.1) is 0 Å². The second-order valence-electron chi connectivity index (χ2n) is 5.56. The lowest BCUT2D eigenvalue weighted by atomic mass is 10.1. The molecule has 2 aromatic heterocycles. The molecule has 108 valence electrons. The summed E-state index contributed by atoms with van der Waals surface area (Å²) in [4.78, 5) is 32.9. The number of aromatic nitrogens is 4. The van der Waals surface area contributed by atoms with Crippen LogP contribution in [-0.4, -0.2) is 32.2 Å². The number of rotatable bonds is 2. The van der Waals surface area contributed by atoms with Crippen LogP contribution in [0, 0.1) is 5.92 Å². The maximum absolute atomic E-state index is 12.1. The molecule has 0 fully saturated rings. The molecule has 3 rings (SSSR count). The fourth-order valence-electron chi connectivity index (χ4n) is 2.93. The van der Waals surface area contributed by atoms with Crippen molar-refractivity contribution in [3.05, 3.63) is 20.8 Å². The maximum atomic E-state index is 12.1. The van der Waals surface area contributed by atoms with Crippen LogP contribution in [0.1, 0.15) is 20.3 Å². The number of imidazole rings is 1. The number of H-pyrrole nitrogens is 1. The topological polar surface area (TPSA) is 75.9 Å². The minimum Gasteiger partial charge on any atom is -0.342 e. The first-order valence-corrected chi connectivity index (χ1v) is 6.97. The zero-order valence-electron chi connectivity index (χ0n) is 12.0. The Bertz CT molecular complexity index is 769. The smallest absolute Gasteiger partial charge is 0.329 e. The van der Waals surface area contributed by atoms with Crippen LogP contribution in [0.15, 0.2) is 9.59 Å². The largest absolute Gasteiger partial charge is 0.342 e. The Hall–Kier alpha value is -2.05. The maximum Gasteiger partial charge on any atom is 0.329 e. The Morgan fingerprint density at radius 1 is 1.35 bits per heavy atom. The van der Waals surface area contributed by atoms with Crippen molar-refractivity contribution in [2.45, 2.75) is 26.8 Å². The van der Waals surface area contributed by atoms with Crippen LogP contribution in [-0.2, 0) is 13.6 Å². The summed E-state index contributed by atoms with van der Waals surface area (Å²) in [7, 11) is 1.63. The molecule has 0 spiro atoms. The molecule has 1 aliphatic rings. The van der Waals surface area contributed by atoms with Crippen molar-refractivity contribution in [3.63, 3.8) is 0 Å². The van der Waals surface area contributed by atoms with Gasteiger partial charge in [0, 0.05) is 26.7 Å². The molecule has 0 aliphatic carbocycles. The summed E-state index contributed by atoms with van der Waals surface area (Å²) in [6, 6.07) is 0. The van der Waals surface area contributed by atoms with E-state index in [4.69, 9.17) is 0 Å². The molecular weight excluding hydrogens is 258 g/mol. The zero-order chi connectivity index (χ0) is 14.4. The first-order chi connectivity index (χ1) is 9.52. The number of anilines is 1. The van der Waals surface area contributed by atoms with Crippen molar-refractivity contribution < 1.29 is 0 Å². The van der Waals surface area contributed by atoms with E-state index < -0.39 is 5.69 Å². The zero-order valence-corrected chi connectivity index (χ0v) is 12.0. The summed E-state index contributed by atoms with van der Waals surface area (Å²) in [5.74, 6) is 1.25. The quantitative estimate of drug-likeness (QED) is 0.856. The van der Waals surface area contributed by atoms with Gasteiger partial charge in [-0.1, -0.05) is 13.8 Å². The molecule has 2 aromatic rings. The second-order valence-corrected chi connectivity index (χ2v) is 5.56. The third-order valence-electron chi connectivity index (χ3n) is 3.79. The number of fused-ring (bicyclic) bond motifs is 3. The van der Waals surface area contributed by atoms with E-state index in [1.807, 2.05) is 4.57 Å². The monoisotopic (exact) mass is 277 g/mol. The highest BCUT2D eigenvalue weighted by molar-refractivity contribution is 5.74. The molecule has 7 nitrogen and oxygen atoms in total. The Kier molecular flexibility index (Phi) is 2.92. The van der Waals surface area contributed by atoms with Crippen LogP contribution in [0.5, 0.6) is 0 Å². The molecule has 1 N–H and O–H groups in total. The lowest BCUT2D eigenvalue weighted by Crippen LogP contribution is -2.38. The van der Waals surface area contributed by atoms with Crippen LogP contribution < -0.4 is 16.1 Å². The molecule has 0 saturated carbocycles. The van der Waals surface area contributed by atoms with Crippen molar-refractivity contribution in [2.75, 3.05) is 18.0 Å². The number of nitrogens with zero attached hydrogens (tertiary/aromatic N) is 4. The van der Waals surface area contributed by atoms with Gasteiger partial charge < -0.3 is 9.47 Å². The van der Waals surface area contributed by atoms with Gasteiger partial charge in [-0.2, -0.15) is 4.98 Å². The number of aromatic amines is 1. The van der Waals surface area contributed by atoms with Crippen molar-refractivity contribution in [3.8, 4) is 0 Å². The van der Waals surface area contributed by atoms with Gasteiger partial charge in [0.05, 0.1) is 0 Å². The molecule has 1 aliphatic heterocycles. The first-order valence-electron chi connectivity index (χ1n) is 6.97. The molecule has 0 amide bonds. The average Bonchev–Trinajstić information content (AvgIpc) is 2.76. The van der Waals surface area contributed by atoms with Gasteiger partial charge in [0.25, 0.3) is 5.56 Å². The summed E-state index contributed by atoms with van der Waals surface area (Å²) in [6.45, 7) is 6.87. The van der Waals surface area contributed by atoms with Gasteiger partial charge in [0.15, 0.2) is 11.2 Å². The fraction of sp³-hybridized carbons (Fsp3) is 0.615. The van der Waals surface area contributed by atoms with E-state index in [1.54, 1.807) is 7.05 Å². The molecule has 0 aromatic carbocycles. The van der Waals surface area contributed by atoms with Crippen molar-refractivity contribution in [1.29, 1.82) is 0 Å². The van der Waals surface area contributed by atoms with E-state index in [0.717, 1.165) is 32.0 Å². The van der Waals surface area contributed by atoms with Gasteiger partial charge in [0.1, 0.15) is 0 Å². The van der Waals surface area contributed by atoms with E-state index in [-0.39, 0.29) is 5.56 Å². The number of nitrogens with one attached hydrogen (secondary N) is 1. The molecule has 3 heterocycles. The molecule has 0 saturated heterocycles. The molecular formula is C13H19N5O2. The van der Waals surface area contributed by atoms with Gasteiger partial charge in [-0.3, -0.25) is 14.3 Å². The van der Waals surface area contributed by atoms with E-state index in [0.29, 0.717) is 17.1 Å². The van der Waals surface area contributed by atoms with Crippen molar-refractivity contribution >= 4 is 17.1 Å². The Balaban J connectivity index is 2.33. The van der Waals surface area contributed by atoms with Crippen LogP contribution in [0.25, 0.3) is 11.2 Å². The van der Waals surface area contributed by atoms with Crippen molar-refractivity contribution in [2.24, 2.45) is 13.0 Å². The summed E-state index contributed by atoms with van der Waals surface area (Å²) in [5, 5.41) is 0. The first kappa shape index (κ1) is 13.0. The SMILES string of the molecule is CCCN1CC(C)Cn2c1nc1c2c(=O)[nH]c(=O)n1C. The van der Waals surface area contributed by atoms with Gasteiger partial charge in [0.2, 0.25) is 5.95 Å². The van der Waals surface area contributed by atoms with Crippen molar-refractivity contribution in [1.82, 2.24) is 19.1 Å². The number of aryl methyl sites for hydroxylation is 1. The normalized spacial score (nSPS) is 18.6. The van der Waals surface area contributed by atoms with Crippen LogP contribution >= 0.6 is 0 Å². The summed E-state index contributed by atoms with van der Waals surface area (Å²) in [5.41, 5.74) is 0.180. The lowest BCUT2D eigenvalue weighted by Gasteiger charge is -2.32.